The van der Waals surface area contributed by atoms with Crippen LogP contribution in [0.25, 0.3) is 58.7 Å². The van der Waals surface area contributed by atoms with Gasteiger partial charge in [0, 0.05) is 53.6 Å². The topological polar surface area (TPSA) is 51.6 Å². The molecule has 0 spiro atoms. The van der Waals surface area contributed by atoms with Crippen molar-refractivity contribution in [3.05, 3.63) is 111 Å². The molecule has 110 heavy (non-hydrogen) atoms. The Bertz CT molecular complexity index is 4040. The lowest BCUT2D eigenvalue weighted by atomic mass is 9.75. The van der Waals surface area contributed by atoms with E-state index in [2.05, 4.69) is 205 Å². The third-order valence-corrected chi connectivity index (χ3v) is 47.0. The molecule has 600 valence electrons. The van der Waals surface area contributed by atoms with Crippen LogP contribution in [-0.2, 0) is 10.8 Å². The van der Waals surface area contributed by atoms with Crippen molar-refractivity contribution < 1.29 is 0 Å². The minimum absolute atomic E-state index is 0.0396. The molecule has 10 aromatic rings. The maximum absolute atomic E-state index is 5.34. The second-order valence-corrected chi connectivity index (χ2v) is 53.7. The van der Waals surface area contributed by atoms with Gasteiger partial charge in [0.2, 0.25) is 0 Å². The van der Waals surface area contributed by atoms with Gasteiger partial charge in [-0.05, 0) is 175 Å². The number of hydrogen-bond donors (Lipinski definition) is 0. The van der Waals surface area contributed by atoms with Gasteiger partial charge < -0.3 is 0 Å². The predicted octanol–water partition coefficient (Wildman–Crippen LogP) is 32.6. The summed E-state index contributed by atoms with van der Waals surface area (Å²) in [5, 5.41) is 12.1. The molecule has 4 aliphatic rings. The first-order valence-corrected chi connectivity index (χ1v) is 57.0. The van der Waals surface area contributed by atoms with Crippen LogP contribution in [-0.4, -0.2) is 36.1 Å². The molecular weight excluding hydrogens is 1560 g/mol. The highest BCUT2D eigenvalue weighted by molar-refractivity contribution is 7.32. The molecule has 0 saturated carbocycles. The zero-order valence-corrected chi connectivity index (χ0v) is 80.9. The van der Waals surface area contributed by atoms with Crippen molar-refractivity contribution in [3.8, 4) is 58.7 Å². The Morgan fingerprint density at radius 1 is 0.245 bits per heavy atom. The fraction of sp³-hybridized carbons (Fsp3) is 0.617. The summed E-state index contributed by atoms with van der Waals surface area (Å²) >= 11 is 19.7. The van der Waals surface area contributed by atoms with Gasteiger partial charge in [0.1, 0.15) is 21.2 Å². The van der Waals surface area contributed by atoms with Crippen LogP contribution >= 0.6 is 113 Å². The lowest BCUT2D eigenvalue weighted by Crippen LogP contribution is -2.54. The van der Waals surface area contributed by atoms with Crippen molar-refractivity contribution in [1.29, 1.82) is 0 Å². The van der Waals surface area contributed by atoms with Crippen LogP contribution in [0, 0.1) is 55.4 Å². The molecule has 0 atom stereocenters. The molecule has 10 aromatic heterocycles. The zero-order chi connectivity index (χ0) is 78.0. The van der Waals surface area contributed by atoms with E-state index in [-0.39, 0.29) is 10.8 Å². The van der Waals surface area contributed by atoms with Crippen LogP contribution in [0.3, 0.4) is 0 Å². The van der Waals surface area contributed by atoms with Crippen LogP contribution in [0.2, 0.25) is 24.2 Å². The third kappa shape index (κ3) is 19.9. The smallest absolute Gasteiger partial charge is 0.134 e. The van der Waals surface area contributed by atoms with Gasteiger partial charge in [-0.15, -0.1) is 113 Å². The normalized spacial score (nSPS) is 14.5. The number of hydrogen-bond acceptors (Lipinski definition) is 14. The van der Waals surface area contributed by atoms with Crippen molar-refractivity contribution in [3.63, 3.8) is 0 Å². The van der Waals surface area contributed by atoms with E-state index in [4.69, 9.17) is 19.9 Å². The van der Waals surface area contributed by atoms with Crippen molar-refractivity contribution in [2.45, 2.75) is 377 Å². The Kier molecular flexibility index (Phi) is 33.6. The van der Waals surface area contributed by atoms with Crippen LogP contribution in [0.1, 0.15) is 349 Å². The van der Waals surface area contributed by atoms with E-state index >= 15 is 0 Å². The molecule has 0 amide bonds. The Balaban J connectivity index is 0.000000146. The fourth-order valence-corrected chi connectivity index (χ4v) is 43.8. The average Bonchev–Trinajstić information content (AvgIpc) is 1.58. The summed E-state index contributed by atoms with van der Waals surface area (Å²) in [5.41, 5.74) is 5.60. The van der Waals surface area contributed by atoms with Crippen LogP contribution in [0.15, 0.2) is 48.5 Å². The van der Waals surface area contributed by atoms with Gasteiger partial charge in [0.05, 0.1) is 73.0 Å². The quantitative estimate of drug-likeness (QED) is 0.0283. The molecule has 12 heterocycles. The van der Waals surface area contributed by atoms with E-state index in [0.29, 0.717) is 0 Å². The second-order valence-electron chi connectivity index (χ2n) is 33.2. The first-order valence-electron chi connectivity index (χ1n) is 44.0. The number of rotatable bonds is 42. The van der Waals surface area contributed by atoms with Crippen molar-refractivity contribution >= 4 is 150 Å². The Morgan fingerprint density at radius 3 is 0.836 bits per heavy atom. The summed E-state index contributed by atoms with van der Waals surface area (Å²) in [4.78, 5) is 44.6. The number of aromatic nitrogens is 4. The maximum atomic E-state index is 5.34. The molecule has 0 fully saturated rings. The van der Waals surface area contributed by atoms with Gasteiger partial charge in [-0.25, -0.2) is 19.9 Å². The minimum atomic E-state index is -1.63. The van der Waals surface area contributed by atoms with Crippen molar-refractivity contribution in [1.82, 2.24) is 19.9 Å². The number of unbranched alkanes of at least 4 members (excludes halogenated alkanes) is 24. The first-order chi connectivity index (χ1) is 53.4. The molecular formula is C94H136N4S10Si2. The number of aryl methyl sites for hydroxylation is 8. The van der Waals surface area contributed by atoms with E-state index in [9.17, 15) is 0 Å². The van der Waals surface area contributed by atoms with Crippen molar-refractivity contribution in [2.24, 2.45) is 0 Å². The summed E-state index contributed by atoms with van der Waals surface area (Å²) in [6, 6.07) is 25.4. The molecule has 0 radical (unpaired) electrons. The SMILES string of the molecule is CCCCCCC1(CCCCCC)c2nc(C)sc2-c2sc(-c3ccc(C)s3)nc21.CCCCCCC1(CCCCCC)c2nc(C)sc2-c2sc(C)nc21.CCCCCC[Si]1(CCCCCC)c2cc(C)sc2-c2sc(-c3ccc(C)s3)cc21.CCCCCC[Si]1(CCCCCC)c2cc(C)sc2-c2sc(C)cc21. The van der Waals surface area contributed by atoms with Gasteiger partial charge in [-0.3, -0.25) is 0 Å². The third-order valence-electron chi connectivity index (χ3n) is 24.4. The fourth-order valence-electron chi connectivity index (χ4n) is 18.8. The highest BCUT2D eigenvalue weighted by Gasteiger charge is 2.52. The van der Waals surface area contributed by atoms with E-state index in [1.54, 1.807) is 19.5 Å². The Morgan fingerprint density at radius 2 is 0.527 bits per heavy atom. The molecule has 14 rings (SSSR count). The molecule has 16 heteroatoms. The van der Waals surface area contributed by atoms with Gasteiger partial charge in [0.15, 0.2) is 0 Å². The van der Waals surface area contributed by atoms with Gasteiger partial charge in [-0.1, -0.05) is 261 Å². The maximum Gasteiger partial charge on any atom is 0.134 e. The first kappa shape index (κ1) is 88.0. The molecule has 0 N–H and O–H groups in total. The van der Waals surface area contributed by atoms with E-state index < -0.39 is 16.1 Å². The summed E-state index contributed by atoms with van der Waals surface area (Å²) in [5.74, 6) is 0. The van der Waals surface area contributed by atoms with Gasteiger partial charge in [0.25, 0.3) is 0 Å². The molecule has 0 aromatic carbocycles. The second kappa shape index (κ2) is 42.0. The zero-order valence-electron chi connectivity index (χ0n) is 70.8. The van der Waals surface area contributed by atoms with Crippen LogP contribution in [0.4, 0.5) is 0 Å². The highest BCUT2D eigenvalue weighted by Crippen LogP contribution is 2.60. The lowest BCUT2D eigenvalue weighted by Gasteiger charge is -2.29. The molecule has 0 bridgehead atoms. The Labute approximate surface area is 709 Å². The molecule has 0 unspecified atom stereocenters. The summed E-state index contributed by atoms with van der Waals surface area (Å²) < 4.78 is 0. The van der Waals surface area contributed by atoms with E-state index in [1.807, 2.05) is 88.8 Å². The monoisotopic (exact) mass is 1700 g/mol. The van der Waals surface area contributed by atoms with E-state index in [0.717, 1.165) is 0 Å². The predicted molar refractivity (Wildman–Crippen MR) is 509 cm³/mol. The standard InChI is InChI=1S/C26H36S3Si.C25H34N2S3.C22H34S2Si.C21H32N2S2/c1-5-7-9-11-15-30(16-12-10-8-6-2)23-17-20(4)28-25(23)26-24(30)18-22(29-26)21-14-13-19(3)27-21;1-5-7-9-11-15-25(16-12-10-8-6-2)22-20(29-18(4)26-22)21-23(25)27-24(30-21)19-14-13-17(3)28-19;1-5-7-9-11-13-25(14-12-10-8-6-2)19-15-17(3)23-21(19)22-20(25)16-18(4)24-22;1-5-7-9-11-13-21(14-12-10-8-6-2)19-17(24-15(3)22-19)18-20(21)23-16(4)25-18/h13-14,17-18H,5-12,15-16H2,1-4H3;13-14H,5-12,15-16H2,1-4H3;15-16H,5-14H2,1-4H3;5-14H2,1-4H3. The van der Waals surface area contributed by atoms with Gasteiger partial charge in [-0.2, -0.15) is 0 Å². The number of nitrogens with zero attached hydrogens (tertiary/aromatic N) is 4. The van der Waals surface area contributed by atoms with E-state index in [1.165, 1.54) is 357 Å². The van der Waals surface area contributed by atoms with Crippen molar-refractivity contribution in [2.75, 3.05) is 0 Å². The number of thiazole rings is 4. The summed E-state index contributed by atoms with van der Waals surface area (Å²) in [7, 11) is -3.14. The molecule has 2 aliphatic heterocycles. The molecule has 2 aliphatic carbocycles. The van der Waals surface area contributed by atoms with Gasteiger partial charge >= 0.3 is 0 Å². The summed E-state index contributed by atoms with van der Waals surface area (Å²) in [6.45, 7) is 36.4. The number of fused-ring (bicyclic) bond motifs is 12. The number of thiophene rings is 6. The minimum Gasteiger partial charge on any atom is -0.245 e. The summed E-state index contributed by atoms with van der Waals surface area (Å²) in [6.07, 6.45) is 48.2. The Hall–Kier alpha value is -2.85. The largest absolute Gasteiger partial charge is 0.245 e. The molecule has 4 nitrogen and oxygen atoms in total. The lowest BCUT2D eigenvalue weighted by molar-refractivity contribution is 0.386. The highest BCUT2D eigenvalue weighted by atomic mass is 32.1. The van der Waals surface area contributed by atoms with Crippen LogP contribution < -0.4 is 20.7 Å². The molecule has 0 saturated heterocycles. The van der Waals surface area contributed by atoms with Crippen LogP contribution in [0.5, 0.6) is 0 Å². The average molecular weight is 1700 g/mol.